The summed E-state index contributed by atoms with van der Waals surface area (Å²) in [6.07, 6.45) is 1.08. The van der Waals surface area contributed by atoms with Gasteiger partial charge in [0.2, 0.25) is 21.8 Å². The number of benzene rings is 2. The predicted octanol–water partition coefficient (Wildman–Crippen LogP) is 2.74. The van der Waals surface area contributed by atoms with Crippen LogP contribution in [-0.4, -0.2) is 51.0 Å². The van der Waals surface area contributed by atoms with Crippen LogP contribution in [0.3, 0.4) is 0 Å². The van der Waals surface area contributed by atoms with E-state index in [1.165, 1.54) is 11.9 Å². The zero-order chi connectivity index (χ0) is 23.2. The third-order valence-electron chi connectivity index (χ3n) is 5.12. The summed E-state index contributed by atoms with van der Waals surface area (Å²) in [5.41, 5.74) is 2.15. The number of nitrogens with one attached hydrogen (secondary N) is 1. The molecule has 2 rings (SSSR count). The normalized spacial score (nSPS) is 12.3. The first-order chi connectivity index (χ1) is 14.6. The molecule has 2 aromatic rings. The van der Waals surface area contributed by atoms with Gasteiger partial charge in [-0.3, -0.25) is 13.9 Å². The maximum atomic E-state index is 13.4. The summed E-state index contributed by atoms with van der Waals surface area (Å²) in [6, 6.07) is 15.7. The van der Waals surface area contributed by atoms with E-state index in [1.54, 1.807) is 19.1 Å². The number of nitrogens with zero attached hydrogens (tertiary/aromatic N) is 2. The molecule has 0 aromatic heterocycles. The number of hydrogen-bond donors (Lipinski definition) is 1. The summed E-state index contributed by atoms with van der Waals surface area (Å²) in [4.78, 5) is 27.1. The Labute approximate surface area is 185 Å². The van der Waals surface area contributed by atoms with Gasteiger partial charge in [0.05, 0.1) is 11.9 Å². The van der Waals surface area contributed by atoms with Crippen molar-refractivity contribution in [2.45, 2.75) is 39.3 Å². The van der Waals surface area contributed by atoms with Gasteiger partial charge in [-0.15, -0.1) is 0 Å². The van der Waals surface area contributed by atoms with Crippen molar-refractivity contribution < 1.29 is 18.0 Å². The van der Waals surface area contributed by atoms with E-state index in [0.29, 0.717) is 5.69 Å². The third kappa shape index (κ3) is 6.30. The van der Waals surface area contributed by atoms with Gasteiger partial charge in [0.1, 0.15) is 12.6 Å². The lowest BCUT2D eigenvalue weighted by atomic mass is 10.0. The van der Waals surface area contributed by atoms with Crippen molar-refractivity contribution in [3.05, 3.63) is 65.7 Å². The van der Waals surface area contributed by atoms with Gasteiger partial charge in [0, 0.05) is 13.6 Å². The Balaban J connectivity index is 2.43. The summed E-state index contributed by atoms with van der Waals surface area (Å²) < 4.78 is 26.4. The first-order valence-corrected chi connectivity index (χ1v) is 12.0. The molecule has 0 saturated heterocycles. The molecular formula is C23H31N3O4S. The summed E-state index contributed by atoms with van der Waals surface area (Å²) in [7, 11) is -2.24. The van der Waals surface area contributed by atoms with Gasteiger partial charge in [-0.1, -0.05) is 62.4 Å². The quantitative estimate of drug-likeness (QED) is 0.643. The van der Waals surface area contributed by atoms with Crippen LogP contribution in [0, 0.1) is 0 Å². The molecule has 1 unspecified atom stereocenters. The molecule has 2 aromatic carbocycles. The summed E-state index contributed by atoms with van der Waals surface area (Å²) in [6.45, 7) is 5.37. The predicted molar refractivity (Wildman–Crippen MR) is 123 cm³/mol. The minimum absolute atomic E-state index is 0.0702. The molecule has 0 radical (unpaired) electrons. The van der Waals surface area contributed by atoms with E-state index in [1.807, 2.05) is 56.3 Å². The highest BCUT2D eigenvalue weighted by Gasteiger charge is 2.30. The van der Waals surface area contributed by atoms with E-state index in [4.69, 9.17) is 0 Å². The Morgan fingerprint density at radius 1 is 0.968 bits per heavy atom. The number of carbonyl (C=O) groups is 2. The molecule has 168 valence electrons. The number of anilines is 1. The fourth-order valence-corrected chi connectivity index (χ4v) is 4.24. The van der Waals surface area contributed by atoms with Crippen LogP contribution in [0.1, 0.15) is 37.8 Å². The number of hydrogen-bond acceptors (Lipinski definition) is 4. The highest BCUT2D eigenvalue weighted by molar-refractivity contribution is 7.92. The maximum Gasteiger partial charge on any atom is 0.244 e. The molecule has 2 amide bonds. The van der Waals surface area contributed by atoms with Crippen LogP contribution >= 0.6 is 0 Å². The van der Waals surface area contributed by atoms with E-state index in [9.17, 15) is 18.0 Å². The first-order valence-electron chi connectivity index (χ1n) is 10.2. The number of amides is 2. The second-order valence-corrected chi connectivity index (χ2v) is 9.69. The van der Waals surface area contributed by atoms with Gasteiger partial charge in [0.15, 0.2) is 0 Å². The molecule has 0 aliphatic heterocycles. The van der Waals surface area contributed by atoms with Crippen LogP contribution in [0.5, 0.6) is 0 Å². The molecule has 0 spiro atoms. The van der Waals surface area contributed by atoms with Gasteiger partial charge < -0.3 is 10.2 Å². The maximum absolute atomic E-state index is 13.4. The minimum atomic E-state index is -3.74. The van der Waals surface area contributed by atoms with Crippen molar-refractivity contribution in [2.24, 2.45) is 0 Å². The molecule has 7 nitrogen and oxygen atoms in total. The van der Waals surface area contributed by atoms with Gasteiger partial charge in [0.25, 0.3) is 0 Å². The first kappa shape index (κ1) is 24.4. The average molecular weight is 446 g/mol. The summed E-state index contributed by atoms with van der Waals surface area (Å²) in [5, 5.41) is 2.56. The number of rotatable bonds is 9. The third-order valence-corrected chi connectivity index (χ3v) is 6.24. The zero-order valence-corrected chi connectivity index (χ0v) is 19.5. The van der Waals surface area contributed by atoms with E-state index in [0.717, 1.165) is 21.7 Å². The fraction of sp³-hybridized carbons (Fsp3) is 0.391. The molecular weight excluding hydrogens is 414 g/mol. The van der Waals surface area contributed by atoms with Crippen LogP contribution < -0.4 is 9.62 Å². The Morgan fingerprint density at radius 2 is 1.55 bits per heavy atom. The second kappa shape index (κ2) is 10.4. The molecule has 0 fully saturated rings. The zero-order valence-electron chi connectivity index (χ0n) is 18.7. The SMILES string of the molecule is CNC(=O)C(C)N(Cc1ccccc1)C(=O)CN(c1ccccc1C(C)C)S(C)(=O)=O. The van der Waals surface area contributed by atoms with E-state index >= 15 is 0 Å². The van der Waals surface area contributed by atoms with Gasteiger partial charge in [-0.05, 0) is 30.0 Å². The smallest absolute Gasteiger partial charge is 0.244 e. The van der Waals surface area contributed by atoms with Crippen LogP contribution in [0.25, 0.3) is 0 Å². The minimum Gasteiger partial charge on any atom is -0.357 e. The van der Waals surface area contributed by atoms with Crippen molar-refractivity contribution in [3.63, 3.8) is 0 Å². The van der Waals surface area contributed by atoms with Gasteiger partial charge >= 0.3 is 0 Å². The van der Waals surface area contributed by atoms with Crippen LogP contribution in [-0.2, 0) is 26.2 Å². The number of para-hydroxylation sites is 1. The average Bonchev–Trinajstić information content (AvgIpc) is 2.74. The Bertz CT molecular complexity index is 1010. The second-order valence-electron chi connectivity index (χ2n) is 7.78. The lowest BCUT2D eigenvalue weighted by molar-refractivity contribution is -0.139. The topological polar surface area (TPSA) is 86.8 Å². The van der Waals surface area contributed by atoms with Crippen LogP contribution in [0.4, 0.5) is 5.69 Å². The number of sulfonamides is 1. The van der Waals surface area contributed by atoms with Crippen molar-refractivity contribution in [1.82, 2.24) is 10.2 Å². The standard InChI is InChI=1S/C23H31N3O4S/c1-17(2)20-13-9-10-14-21(20)26(31(5,29)30)16-22(27)25(18(3)23(28)24-4)15-19-11-7-6-8-12-19/h6-14,17-18H,15-16H2,1-5H3,(H,24,28). The lowest BCUT2D eigenvalue weighted by Crippen LogP contribution is -2.50. The molecule has 1 atom stereocenters. The van der Waals surface area contributed by atoms with E-state index in [-0.39, 0.29) is 18.4 Å². The Hall–Kier alpha value is -2.87. The Kier molecular flexibility index (Phi) is 8.21. The van der Waals surface area contributed by atoms with Crippen molar-refractivity contribution >= 4 is 27.5 Å². The molecule has 0 aliphatic carbocycles. The van der Waals surface area contributed by atoms with E-state index in [2.05, 4.69) is 5.32 Å². The largest absolute Gasteiger partial charge is 0.357 e. The lowest BCUT2D eigenvalue weighted by Gasteiger charge is -2.32. The van der Waals surface area contributed by atoms with Crippen molar-refractivity contribution in [2.75, 3.05) is 24.2 Å². The van der Waals surface area contributed by atoms with Crippen molar-refractivity contribution in [1.29, 1.82) is 0 Å². The van der Waals surface area contributed by atoms with Crippen LogP contribution in [0.2, 0.25) is 0 Å². The highest BCUT2D eigenvalue weighted by Crippen LogP contribution is 2.29. The molecule has 0 heterocycles. The highest BCUT2D eigenvalue weighted by atomic mass is 32.2. The monoisotopic (exact) mass is 445 g/mol. The molecule has 0 bridgehead atoms. The molecule has 1 N–H and O–H groups in total. The Morgan fingerprint density at radius 3 is 2.10 bits per heavy atom. The van der Waals surface area contributed by atoms with Crippen molar-refractivity contribution in [3.8, 4) is 0 Å². The molecule has 31 heavy (non-hydrogen) atoms. The van der Waals surface area contributed by atoms with E-state index < -0.39 is 28.5 Å². The molecule has 0 aliphatic rings. The fourth-order valence-electron chi connectivity index (χ4n) is 3.37. The summed E-state index contributed by atoms with van der Waals surface area (Å²) in [5.74, 6) is -0.706. The number of carbonyl (C=O) groups excluding carboxylic acids is 2. The summed E-state index contributed by atoms with van der Waals surface area (Å²) >= 11 is 0. The molecule has 0 saturated carbocycles. The van der Waals surface area contributed by atoms with Crippen LogP contribution in [0.15, 0.2) is 54.6 Å². The van der Waals surface area contributed by atoms with Gasteiger partial charge in [-0.25, -0.2) is 8.42 Å². The van der Waals surface area contributed by atoms with Gasteiger partial charge in [-0.2, -0.15) is 0 Å². The number of likely N-dealkylation sites (N-methyl/N-ethyl adjacent to an activating group) is 1. The molecule has 8 heteroatoms.